The van der Waals surface area contributed by atoms with E-state index in [1.165, 1.54) is 24.3 Å². The van der Waals surface area contributed by atoms with Gasteiger partial charge >= 0.3 is 0 Å². The Bertz CT molecular complexity index is 928. The van der Waals surface area contributed by atoms with Crippen LogP contribution in [0.15, 0.2) is 47.4 Å². The third-order valence-corrected chi connectivity index (χ3v) is 6.13. The van der Waals surface area contributed by atoms with E-state index in [1.54, 1.807) is 12.1 Å². The number of sulfonamides is 1. The summed E-state index contributed by atoms with van der Waals surface area (Å²) in [5, 5.41) is 18.3. The molecule has 0 bridgehead atoms. The van der Waals surface area contributed by atoms with Crippen molar-refractivity contribution in [2.45, 2.75) is 42.7 Å². The molecule has 0 aromatic heterocycles. The molecule has 3 rings (SSSR count). The number of nitrogens with one attached hydrogen (secondary N) is 1. The average Bonchev–Trinajstić information content (AvgIpc) is 2.63. The van der Waals surface area contributed by atoms with Crippen LogP contribution >= 0.6 is 0 Å². The summed E-state index contributed by atoms with van der Waals surface area (Å²) in [6, 6.07) is 11.8. The van der Waals surface area contributed by atoms with Crippen LogP contribution in [-0.2, 0) is 10.0 Å². The maximum Gasteiger partial charge on any atom is 0.240 e. The van der Waals surface area contributed by atoms with Crippen molar-refractivity contribution >= 4 is 10.0 Å². The molecule has 0 atom stereocenters. The Labute approximate surface area is 152 Å². The number of nitriles is 1. The Kier molecular flexibility index (Phi) is 5.37. The maximum atomic E-state index is 14.1. The van der Waals surface area contributed by atoms with Gasteiger partial charge < -0.3 is 5.11 Å². The molecule has 1 aliphatic carbocycles. The highest BCUT2D eigenvalue weighted by molar-refractivity contribution is 7.89. The quantitative estimate of drug-likeness (QED) is 0.861. The highest BCUT2D eigenvalue weighted by Crippen LogP contribution is 2.26. The molecule has 136 valence electrons. The first kappa shape index (κ1) is 18.5. The number of aliphatic hydroxyl groups excluding tert-OH is 1. The van der Waals surface area contributed by atoms with Crippen LogP contribution in [0.4, 0.5) is 4.39 Å². The van der Waals surface area contributed by atoms with Gasteiger partial charge in [-0.1, -0.05) is 18.2 Å². The van der Waals surface area contributed by atoms with Crippen LogP contribution in [0.1, 0.15) is 31.2 Å². The van der Waals surface area contributed by atoms with Crippen LogP contribution in [0, 0.1) is 17.1 Å². The molecule has 0 aliphatic heterocycles. The molecule has 2 N–H and O–H groups in total. The Morgan fingerprint density at radius 3 is 2.31 bits per heavy atom. The molecule has 1 saturated carbocycles. The second-order valence-electron chi connectivity index (χ2n) is 6.46. The first-order valence-corrected chi connectivity index (χ1v) is 9.88. The van der Waals surface area contributed by atoms with Crippen LogP contribution in [0.3, 0.4) is 0 Å². The number of halogens is 1. The molecule has 0 radical (unpaired) electrons. The summed E-state index contributed by atoms with van der Waals surface area (Å²) < 4.78 is 41.8. The van der Waals surface area contributed by atoms with Crippen LogP contribution in [0.2, 0.25) is 0 Å². The number of hydrogen-bond donors (Lipinski definition) is 2. The molecule has 0 saturated heterocycles. The predicted molar refractivity (Wildman–Crippen MR) is 95.1 cm³/mol. The molecule has 0 unspecified atom stereocenters. The number of nitrogens with zero attached hydrogens (tertiary/aromatic N) is 1. The number of rotatable bonds is 4. The van der Waals surface area contributed by atoms with Gasteiger partial charge in [0.15, 0.2) is 0 Å². The van der Waals surface area contributed by atoms with E-state index in [1.807, 2.05) is 6.07 Å². The fourth-order valence-corrected chi connectivity index (χ4v) is 4.42. The molecular formula is C19H19FN2O3S. The van der Waals surface area contributed by atoms with Crippen LogP contribution in [0.5, 0.6) is 0 Å². The molecule has 0 spiro atoms. The first-order valence-electron chi connectivity index (χ1n) is 8.39. The van der Waals surface area contributed by atoms with Gasteiger partial charge in [0.1, 0.15) is 5.82 Å². The SMILES string of the molecule is N#Cc1ccc(-c2ccc(S(=O)(=O)N[C@H]3CC[C@@H](O)CC3)cc2)c(F)c1. The number of aliphatic hydroxyl groups is 1. The molecule has 0 heterocycles. The van der Waals surface area contributed by atoms with Crippen molar-refractivity contribution in [2.24, 2.45) is 0 Å². The van der Waals surface area contributed by atoms with E-state index >= 15 is 0 Å². The zero-order chi connectivity index (χ0) is 18.7. The van der Waals surface area contributed by atoms with Gasteiger partial charge in [0, 0.05) is 11.6 Å². The monoisotopic (exact) mass is 374 g/mol. The van der Waals surface area contributed by atoms with Gasteiger partial charge in [-0.15, -0.1) is 0 Å². The van der Waals surface area contributed by atoms with Crippen LogP contribution in [0.25, 0.3) is 11.1 Å². The van der Waals surface area contributed by atoms with Gasteiger partial charge in [-0.25, -0.2) is 17.5 Å². The lowest BCUT2D eigenvalue weighted by atomic mass is 9.94. The van der Waals surface area contributed by atoms with Crippen molar-refractivity contribution in [1.29, 1.82) is 5.26 Å². The van der Waals surface area contributed by atoms with Crippen LogP contribution < -0.4 is 4.72 Å². The summed E-state index contributed by atoms with van der Waals surface area (Å²) >= 11 is 0. The predicted octanol–water partition coefficient (Wildman–Crippen LogP) is 2.95. The molecule has 2 aromatic carbocycles. The van der Waals surface area contributed by atoms with Gasteiger partial charge in [-0.05, 0) is 55.5 Å². The Balaban J connectivity index is 1.77. The van der Waals surface area contributed by atoms with E-state index in [4.69, 9.17) is 5.26 Å². The minimum absolute atomic E-state index is 0.112. The normalized spacial score (nSPS) is 20.5. The first-order chi connectivity index (χ1) is 12.4. The van der Waals surface area contributed by atoms with Gasteiger partial charge in [0.25, 0.3) is 0 Å². The van der Waals surface area contributed by atoms with Crippen molar-refractivity contribution in [3.63, 3.8) is 0 Å². The Morgan fingerprint density at radius 1 is 1.08 bits per heavy atom. The second-order valence-corrected chi connectivity index (χ2v) is 8.17. The summed E-state index contributed by atoms with van der Waals surface area (Å²) in [5.41, 5.74) is 1.07. The highest BCUT2D eigenvalue weighted by Gasteiger charge is 2.24. The summed E-state index contributed by atoms with van der Waals surface area (Å²) in [5.74, 6) is -0.529. The van der Waals surface area contributed by atoms with Gasteiger partial charge in [-0.3, -0.25) is 0 Å². The molecule has 1 fully saturated rings. The molecular weight excluding hydrogens is 355 g/mol. The molecule has 26 heavy (non-hydrogen) atoms. The molecule has 2 aromatic rings. The van der Waals surface area contributed by atoms with Crippen molar-refractivity contribution in [2.75, 3.05) is 0 Å². The third-order valence-electron chi connectivity index (χ3n) is 4.59. The highest BCUT2D eigenvalue weighted by atomic mass is 32.2. The molecule has 1 aliphatic rings. The fraction of sp³-hybridized carbons (Fsp3) is 0.316. The topological polar surface area (TPSA) is 90.2 Å². The minimum Gasteiger partial charge on any atom is -0.393 e. The van der Waals surface area contributed by atoms with E-state index in [0.717, 1.165) is 6.07 Å². The van der Waals surface area contributed by atoms with Gasteiger partial charge in [0.2, 0.25) is 10.0 Å². The van der Waals surface area contributed by atoms with Crippen LogP contribution in [-0.4, -0.2) is 25.7 Å². The van der Waals surface area contributed by atoms with Crippen molar-refractivity contribution in [3.05, 3.63) is 53.8 Å². The summed E-state index contributed by atoms with van der Waals surface area (Å²) in [4.78, 5) is 0.112. The standard InChI is InChI=1S/C19H19FN2O3S/c20-19-11-13(12-21)1-10-18(19)14-2-8-17(9-3-14)26(24,25)22-15-4-6-16(23)7-5-15/h1-3,8-11,15-16,22-23H,4-7H2/t15-,16+. The van der Waals surface area contributed by atoms with Gasteiger partial charge in [0.05, 0.1) is 22.6 Å². The van der Waals surface area contributed by atoms with E-state index in [9.17, 15) is 17.9 Å². The van der Waals surface area contributed by atoms with E-state index < -0.39 is 15.8 Å². The molecule has 0 amide bonds. The number of hydrogen-bond acceptors (Lipinski definition) is 4. The smallest absolute Gasteiger partial charge is 0.240 e. The van der Waals surface area contributed by atoms with Gasteiger partial charge in [-0.2, -0.15) is 5.26 Å². The zero-order valence-electron chi connectivity index (χ0n) is 14.0. The summed E-state index contributed by atoms with van der Waals surface area (Å²) in [7, 11) is -3.67. The largest absolute Gasteiger partial charge is 0.393 e. The molecule has 7 heteroatoms. The van der Waals surface area contributed by atoms with Crippen molar-refractivity contribution in [3.8, 4) is 17.2 Å². The minimum atomic E-state index is -3.67. The third kappa shape index (κ3) is 4.10. The second kappa shape index (κ2) is 7.54. The lowest BCUT2D eigenvalue weighted by Gasteiger charge is -2.26. The summed E-state index contributed by atoms with van der Waals surface area (Å²) in [6.07, 6.45) is 2.04. The van der Waals surface area contributed by atoms with E-state index in [-0.39, 0.29) is 22.6 Å². The lowest BCUT2D eigenvalue weighted by molar-refractivity contribution is 0.120. The maximum absolute atomic E-state index is 14.1. The summed E-state index contributed by atoms with van der Waals surface area (Å²) in [6.45, 7) is 0. The Hall–Kier alpha value is -2.27. The van der Waals surface area contributed by atoms with E-state index in [0.29, 0.717) is 36.8 Å². The lowest BCUT2D eigenvalue weighted by Crippen LogP contribution is -2.38. The van der Waals surface area contributed by atoms with Crippen molar-refractivity contribution in [1.82, 2.24) is 4.72 Å². The average molecular weight is 374 g/mol. The van der Waals surface area contributed by atoms with Crippen molar-refractivity contribution < 1.29 is 17.9 Å². The zero-order valence-corrected chi connectivity index (χ0v) is 14.8. The fourth-order valence-electron chi connectivity index (χ4n) is 3.11. The number of benzene rings is 2. The van der Waals surface area contributed by atoms with E-state index in [2.05, 4.69) is 4.72 Å². The Morgan fingerprint density at radius 2 is 1.73 bits per heavy atom. The molecule has 5 nitrogen and oxygen atoms in total.